The van der Waals surface area contributed by atoms with Crippen LogP contribution in [0.5, 0.6) is 11.5 Å². The Bertz CT molecular complexity index is 1350. The molecule has 36 heavy (non-hydrogen) atoms. The monoisotopic (exact) mass is 487 g/mol. The maximum Gasteiger partial charge on any atom is 0.325 e. The van der Waals surface area contributed by atoms with Crippen molar-refractivity contribution in [3.8, 4) is 11.5 Å². The average Bonchev–Trinajstić information content (AvgIpc) is 3.10. The third-order valence-electron chi connectivity index (χ3n) is 6.81. The predicted molar refractivity (Wildman–Crippen MR) is 135 cm³/mol. The standard InChI is InChI=1S/C28H29N3O5/c1-17(2)25(20-9-11-22-23(15-20)36-13-12-35-22)29-24(32)16-31-26(33)28(3,30-27(31)34)21-10-8-18-6-4-5-7-19(18)14-21/h4-11,14-15,17,25H,12-13,16H2,1-3H3,(H,29,32)(H,30,34). The number of urea groups is 1. The summed E-state index contributed by atoms with van der Waals surface area (Å²) in [6.07, 6.45) is 0. The molecule has 0 saturated carbocycles. The first-order chi connectivity index (χ1) is 17.3. The van der Waals surface area contributed by atoms with Crippen molar-refractivity contribution < 1.29 is 23.9 Å². The van der Waals surface area contributed by atoms with E-state index in [9.17, 15) is 14.4 Å². The number of carbonyl (C=O) groups excluding carboxylic acids is 3. The summed E-state index contributed by atoms with van der Waals surface area (Å²) < 4.78 is 11.3. The van der Waals surface area contributed by atoms with E-state index in [1.165, 1.54) is 0 Å². The van der Waals surface area contributed by atoms with E-state index >= 15 is 0 Å². The Hall–Kier alpha value is -4.07. The molecule has 0 radical (unpaired) electrons. The van der Waals surface area contributed by atoms with Gasteiger partial charge in [0.15, 0.2) is 11.5 Å². The molecule has 0 spiro atoms. The van der Waals surface area contributed by atoms with Crippen LogP contribution >= 0.6 is 0 Å². The van der Waals surface area contributed by atoms with Crippen LogP contribution in [-0.2, 0) is 15.1 Å². The Morgan fingerprint density at radius 2 is 1.72 bits per heavy atom. The molecular weight excluding hydrogens is 458 g/mol. The van der Waals surface area contributed by atoms with Crippen molar-refractivity contribution in [2.45, 2.75) is 32.4 Å². The molecular formula is C28H29N3O5. The van der Waals surface area contributed by atoms with Gasteiger partial charge in [-0.25, -0.2) is 4.79 Å². The number of imide groups is 1. The molecule has 2 unspecified atom stereocenters. The van der Waals surface area contributed by atoms with E-state index in [-0.39, 0.29) is 18.5 Å². The van der Waals surface area contributed by atoms with Crippen LogP contribution in [0.3, 0.4) is 0 Å². The molecule has 8 nitrogen and oxygen atoms in total. The van der Waals surface area contributed by atoms with Crippen LogP contribution in [0.25, 0.3) is 10.8 Å². The summed E-state index contributed by atoms with van der Waals surface area (Å²) in [5.74, 6) is 0.487. The number of amides is 4. The summed E-state index contributed by atoms with van der Waals surface area (Å²) in [7, 11) is 0. The van der Waals surface area contributed by atoms with Crippen molar-refractivity contribution in [3.63, 3.8) is 0 Å². The predicted octanol–water partition coefficient (Wildman–Crippen LogP) is 3.89. The van der Waals surface area contributed by atoms with Crippen molar-refractivity contribution in [1.29, 1.82) is 0 Å². The van der Waals surface area contributed by atoms with Gasteiger partial charge in [0.25, 0.3) is 5.91 Å². The number of carbonyl (C=O) groups is 3. The first kappa shape index (κ1) is 23.7. The second kappa shape index (κ2) is 9.18. The van der Waals surface area contributed by atoms with Gasteiger partial charge in [0.05, 0.1) is 6.04 Å². The lowest BCUT2D eigenvalue weighted by atomic mass is 9.90. The molecule has 0 aromatic heterocycles. The molecule has 1 fully saturated rings. The molecule has 1 saturated heterocycles. The normalized spacial score (nSPS) is 19.9. The zero-order valence-corrected chi connectivity index (χ0v) is 20.5. The number of nitrogens with zero attached hydrogens (tertiary/aromatic N) is 1. The van der Waals surface area contributed by atoms with Crippen molar-refractivity contribution >= 4 is 28.6 Å². The minimum Gasteiger partial charge on any atom is -0.486 e. The highest BCUT2D eigenvalue weighted by Crippen LogP contribution is 2.35. The zero-order chi connectivity index (χ0) is 25.4. The van der Waals surface area contributed by atoms with Crippen LogP contribution in [0.4, 0.5) is 4.79 Å². The van der Waals surface area contributed by atoms with E-state index in [0.29, 0.717) is 30.3 Å². The number of ether oxygens (including phenoxy) is 2. The lowest BCUT2D eigenvalue weighted by molar-refractivity contribution is -0.135. The molecule has 2 N–H and O–H groups in total. The Morgan fingerprint density at radius 3 is 2.47 bits per heavy atom. The van der Waals surface area contributed by atoms with Crippen molar-refractivity contribution in [2.75, 3.05) is 19.8 Å². The Labute approximate surface area is 209 Å². The first-order valence-corrected chi connectivity index (χ1v) is 12.1. The summed E-state index contributed by atoms with van der Waals surface area (Å²) in [6.45, 7) is 6.25. The molecule has 186 valence electrons. The van der Waals surface area contributed by atoms with Crippen LogP contribution in [0.2, 0.25) is 0 Å². The SMILES string of the molecule is CC(C)C(NC(=O)CN1C(=O)NC(C)(c2ccc3ccccc3c2)C1=O)c1ccc2c(c1)OCCO2. The quantitative estimate of drug-likeness (QED) is 0.514. The molecule has 2 aliphatic rings. The van der Waals surface area contributed by atoms with Crippen LogP contribution < -0.4 is 20.1 Å². The molecule has 0 bridgehead atoms. The van der Waals surface area contributed by atoms with Crippen molar-refractivity contribution in [2.24, 2.45) is 5.92 Å². The zero-order valence-electron chi connectivity index (χ0n) is 20.5. The van der Waals surface area contributed by atoms with Gasteiger partial charge < -0.3 is 20.1 Å². The summed E-state index contributed by atoms with van der Waals surface area (Å²) in [5.41, 5.74) is 0.272. The molecule has 2 atom stereocenters. The van der Waals surface area contributed by atoms with E-state index in [0.717, 1.165) is 21.2 Å². The molecule has 0 aliphatic carbocycles. The Kier molecular flexibility index (Phi) is 6.04. The molecule has 2 heterocycles. The van der Waals surface area contributed by atoms with Crippen molar-refractivity contribution in [3.05, 3.63) is 71.8 Å². The van der Waals surface area contributed by atoms with Gasteiger partial charge in [-0.1, -0.05) is 56.3 Å². The average molecular weight is 488 g/mol. The van der Waals surface area contributed by atoms with Gasteiger partial charge in [0, 0.05) is 0 Å². The third-order valence-corrected chi connectivity index (χ3v) is 6.81. The van der Waals surface area contributed by atoms with Gasteiger partial charge in [-0.3, -0.25) is 14.5 Å². The molecule has 3 aromatic carbocycles. The van der Waals surface area contributed by atoms with Crippen molar-refractivity contribution in [1.82, 2.24) is 15.5 Å². The summed E-state index contributed by atoms with van der Waals surface area (Å²) >= 11 is 0. The van der Waals surface area contributed by atoms with Gasteiger partial charge in [0.2, 0.25) is 5.91 Å². The number of rotatable bonds is 6. The lowest BCUT2D eigenvalue weighted by Crippen LogP contribution is -2.44. The fraction of sp³-hybridized carbons (Fsp3) is 0.321. The van der Waals surface area contributed by atoms with Crippen LogP contribution in [0, 0.1) is 5.92 Å². The highest BCUT2D eigenvalue weighted by atomic mass is 16.6. The second-order valence-corrected chi connectivity index (χ2v) is 9.70. The molecule has 4 amide bonds. The number of nitrogens with one attached hydrogen (secondary N) is 2. The van der Waals surface area contributed by atoms with Gasteiger partial charge in [-0.2, -0.15) is 0 Å². The van der Waals surface area contributed by atoms with E-state index in [4.69, 9.17) is 9.47 Å². The summed E-state index contributed by atoms with van der Waals surface area (Å²) in [4.78, 5) is 40.2. The van der Waals surface area contributed by atoms with E-state index in [1.807, 2.05) is 74.5 Å². The maximum atomic E-state index is 13.4. The number of benzene rings is 3. The van der Waals surface area contributed by atoms with E-state index in [2.05, 4.69) is 10.6 Å². The number of fused-ring (bicyclic) bond motifs is 2. The minimum atomic E-state index is -1.26. The topological polar surface area (TPSA) is 97.0 Å². The summed E-state index contributed by atoms with van der Waals surface area (Å²) in [6, 6.07) is 18.1. The smallest absolute Gasteiger partial charge is 0.325 e. The second-order valence-electron chi connectivity index (χ2n) is 9.70. The van der Waals surface area contributed by atoms with Gasteiger partial charge in [-0.05, 0) is 52.9 Å². The third kappa shape index (κ3) is 4.23. The van der Waals surface area contributed by atoms with Gasteiger partial charge in [-0.15, -0.1) is 0 Å². The lowest BCUT2D eigenvalue weighted by Gasteiger charge is -2.26. The van der Waals surface area contributed by atoms with Crippen LogP contribution in [0.15, 0.2) is 60.7 Å². The van der Waals surface area contributed by atoms with Crippen LogP contribution in [0.1, 0.15) is 37.9 Å². The fourth-order valence-electron chi connectivity index (χ4n) is 4.79. The largest absolute Gasteiger partial charge is 0.486 e. The molecule has 2 aliphatic heterocycles. The molecule has 8 heteroatoms. The van der Waals surface area contributed by atoms with Gasteiger partial charge >= 0.3 is 6.03 Å². The number of hydrogen-bond donors (Lipinski definition) is 2. The van der Waals surface area contributed by atoms with E-state index < -0.39 is 23.4 Å². The highest BCUT2D eigenvalue weighted by Gasteiger charge is 2.49. The minimum absolute atomic E-state index is 0.0579. The Morgan fingerprint density at radius 1 is 1.00 bits per heavy atom. The van der Waals surface area contributed by atoms with Crippen LogP contribution in [-0.4, -0.2) is 42.5 Å². The summed E-state index contributed by atoms with van der Waals surface area (Å²) in [5, 5.41) is 7.78. The Balaban J connectivity index is 1.32. The molecule has 5 rings (SSSR count). The first-order valence-electron chi connectivity index (χ1n) is 12.1. The highest BCUT2D eigenvalue weighted by molar-refractivity contribution is 6.09. The number of hydrogen-bond acceptors (Lipinski definition) is 5. The fourth-order valence-corrected chi connectivity index (χ4v) is 4.79. The van der Waals surface area contributed by atoms with E-state index in [1.54, 1.807) is 6.92 Å². The molecule has 3 aromatic rings. The van der Waals surface area contributed by atoms with Gasteiger partial charge in [0.1, 0.15) is 25.3 Å². The maximum absolute atomic E-state index is 13.4.